The van der Waals surface area contributed by atoms with Crippen LogP contribution >= 0.6 is 15.9 Å². The van der Waals surface area contributed by atoms with E-state index in [2.05, 4.69) is 33.0 Å². The summed E-state index contributed by atoms with van der Waals surface area (Å²) in [4.78, 5) is 14.4. The summed E-state index contributed by atoms with van der Waals surface area (Å²) in [7, 11) is 0. The van der Waals surface area contributed by atoms with Crippen molar-refractivity contribution < 1.29 is 4.79 Å². The van der Waals surface area contributed by atoms with Crippen molar-refractivity contribution in [3.8, 4) is 0 Å². The Hall–Kier alpha value is -0.830. The van der Waals surface area contributed by atoms with Crippen molar-refractivity contribution >= 4 is 27.4 Å². The summed E-state index contributed by atoms with van der Waals surface area (Å²) in [5, 5.41) is 0. The lowest BCUT2D eigenvalue weighted by molar-refractivity contribution is 0.101. The van der Waals surface area contributed by atoms with Crippen molar-refractivity contribution in [1.29, 1.82) is 0 Å². The van der Waals surface area contributed by atoms with E-state index in [4.69, 9.17) is 0 Å². The smallest absolute Gasteiger partial charge is 0.161 e. The van der Waals surface area contributed by atoms with Gasteiger partial charge in [-0.15, -0.1) is 0 Å². The molecule has 0 bridgehead atoms. The number of carbonyl (C=O) groups excluding carboxylic acids is 1. The van der Waals surface area contributed by atoms with Crippen molar-refractivity contribution in [2.45, 2.75) is 45.1 Å². The number of halogens is 1. The molecular formula is C16H20BrNO. The van der Waals surface area contributed by atoms with E-state index in [1.807, 2.05) is 6.07 Å². The number of rotatable bonds is 2. The third kappa shape index (κ3) is 2.45. The van der Waals surface area contributed by atoms with Crippen LogP contribution in [0.2, 0.25) is 0 Å². The molecule has 102 valence electrons. The average molecular weight is 322 g/mol. The molecule has 1 aromatic rings. The topological polar surface area (TPSA) is 20.3 Å². The molecule has 1 saturated heterocycles. The van der Waals surface area contributed by atoms with Gasteiger partial charge in [-0.1, -0.05) is 28.8 Å². The van der Waals surface area contributed by atoms with E-state index in [1.54, 1.807) is 6.92 Å². The largest absolute Gasteiger partial charge is 0.368 e. The van der Waals surface area contributed by atoms with E-state index in [1.165, 1.54) is 32.1 Å². The summed E-state index contributed by atoms with van der Waals surface area (Å²) in [5.41, 5.74) is 2.01. The van der Waals surface area contributed by atoms with Crippen molar-refractivity contribution in [2.24, 2.45) is 5.92 Å². The molecule has 1 aliphatic heterocycles. The van der Waals surface area contributed by atoms with E-state index in [9.17, 15) is 4.79 Å². The lowest BCUT2D eigenvalue weighted by Crippen LogP contribution is -2.35. The Morgan fingerprint density at radius 3 is 2.84 bits per heavy atom. The van der Waals surface area contributed by atoms with Crippen LogP contribution in [-0.4, -0.2) is 18.4 Å². The molecule has 3 rings (SSSR count). The Balaban J connectivity index is 1.95. The SMILES string of the molecule is CC(=O)c1cc(Br)ccc1N1CCC2CCCCC21. The molecule has 0 N–H and O–H groups in total. The number of nitrogens with zero attached hydrogens (tertiary/aromatic N) is 1. The lowest BCUT2D eigenvalue weighted by atomic mass is 9.85. The summed E-state index contributed by atoms with van der Waals surface area (Å²) in [5.74, 6) is 1.01. The van der Waals surface area contributed by atoms with Crippen LogP contribution in [0.5, 0.6) is 0 Å². The Kier molecular flexibility index (Phi) is 3.66. The van der Waals surface area contributed by atoms with Gasteiger partial charge in [-0.2, -0.15) is 0 Å². The van der Waals surface area contributed by atoms with Gasteiger partial charge in [-0.25, -0.2) is 0 Å². The molecule has 1 saturated carbocycles. The maximum atomic E-state index is 11.9. The first-order valence-electron chi connectivity index (χ1n) is 7.24. The molecule has 2 nitrogen and oxygen atoms in total. The number of carbonyl (C=O) groups is 1. The standard InChI is InChI=1S/C16H20BrNO/c1-11(19)14-10-13(17)6-7-16(14)18-9-8-12-4-2-3-5-15(12)18/h6-7,10,12,15H,2-5,8-9H2,1H3. The van der Waals surface area contributed by atoms with E-state index in [-0.39, 0.29) is 5.78 Å². The molecule has 0 aromatic heterocycles. The van der Waals surface area contributed by atoms with Crippen LogP contribution in [-0.2, 0) is 0 Å². The van der Waals surface area contributed by atoms with E-state index in [0.29, 0.717) is 6.04 Å². The first-order valence-corrected chi connectivity index (χ1v) is 8.03. The molecule has 0 spiro atoms. The fourth-order valence-corrected chi connectivity index (χ4v) is 4.11. The highest BCUT2D eigenvalue weighted by Crippen LogP contribution is 2.40. The molecule has 19 heavy (non-hydrogen) atoms. The normalized spacial score (nSPS) is 26.3. The fraction of sp³-hybridized carbons (Fsp3) is 0.562. The van der Waals surface area contributed by atoms with Crippen LogP contribution in [0.4, 0.5) is 5.69 Å². The molecule has 2 atom stereocenters. The van der Waals surface area contributed by atoms with Gasteiger partial charge in [0.05, 0.1) is 0 Å². The minimum Gasteiger partial charge on any atom is -0.368 e. The summed E-state index contributed by atoms with van der Waals surface area (Å²) < 4.78 is 0.987. The second-order valence-corrected chi connectivity index (χ2v) is 6.73. The lowest BCUT2D eigenvalue weighted by Gasteiger charge is -2.34. The Morgan fingerprint density at radius 1 is 1.26 bits per heavy atom. The van der Waals surface area contributed by atoms with E-state index >= 15 is 0 Å². The van der Waals surface area contributed by atoms with Crippen LogP contribution in [0.1, 0.15) is 49.4 Å². The molecule has 0 amide bonds. The van der Waals surface area contributed by atoms with Crippen molar-refractivity contribution in [1.82, 2.24) is 0 Å². The zero-order valence-corrected chi connectivity index (χ0v) is 12.9. The number of ketones is 1. The van der Waals surface area contributed by atoms with Crippen LogP contribution in [0.15, 0.2) is 22.7 Å². The van der Waals surface area contributed by atoms with Crippen LogP contribution < -0.4 is 4.90 Å². The van der Waals surface area contributed by atoms with Gasteiger partial charge in [-0.05, 0) is 50.3 Å². The van der Waals surface area contributed by atoms with Crippen LogP contribution in [0, 0.1) is 5.92 Å². The molecule has 3 heteroatoms. The molecule has 2 aliphatic rings. The Bertz CT molecular complexity index is 500. The number of fused-ring (bicyclic) bond motifs is 1. The highest BCUT2D eigenvalue weighted by Gasteiger charge is 2.36. The first-order chi connectivity index (χ1) is 9.16. The fourth-order valence-electron chi connectivity index (χ4n) is 3.75. The van der Waals surface area contributed by atoms with Gasteiger partial charge < -0.3 is 4.90 Å². The first kappa shape index (κ1) is 13.2. The Labute approximate surface area is 123 Å². The minimum atomic E-state index is 0.163. The molecule has 1 aromatic carbocycles. The van der Waals surface area contributed by atoms with Crippen molar-refractivity contribution in [2.75, 3.05) is 11.4 Å². The molecule has 1 aliphatic carbocycles. The molecule has 2 fully saturated rings. The third-order valence-corrected chi connectivity index (χ3v) is 5.15. The Morgan fingerprint density at radius 2 is 2.05 bits per heavy atom. The third-order valence-electron chi connectivity index (χ3n) is 4.66. The summed E-state index contributed by atoms with van der Waals surface area (Å²) in [6.07, 6.45) is 6.67. The van der Waals surface area contributed by atoms with Crippen LogP contribution in [0.3, 0.4) is 0 Å². The van der Waals surface area contributed by atoms with Crippen molar-refractivity contribution in [3.63, 3.8) is 0 Å². The molecule has 2 unspecified atom stereocenters. The summed E-state index contributed by atoms with van der Waals surface area (Å²) in [6.45, 7) is 2.77. The number of hydrogen-bond acceptors (Lipinski definition) is 2. The van der Waals surface area contributed by atoms with Gasteiger partial charge in [-0.3, -0.25) is 4.79 Å². The monoisotopic (exact) mass is 321 g/mol. The van der Waals surface area contributed by atoms with E-state index in [0.717, 1.165) is 28.2 Å². The minimum absolute atomic E-state index is 0.163. The number of hydrogen-bond donors (Lipinski definition) is 0. The van der Waals surface area contributed by atoms with Crippen molar-refractivity contribution in [3.05, 3.63) is 28.2 Å². The second-order valence-electron chi connectivity index (χ2n) is 5.81. The number of benzene rings is 1. The van der Waals surface area contributed by atoms with Gasteiger partial charge in [0.1, 0.15) is 0 Å². The predicted octanol–water partition coefficient (Wildman–Crippen LogP) is 4.42. The average Bonchev–Trinajstić information content (AvgIpc) is 2.82. The van der Waals surface area contributed by atoms with Gasteiger partial charge in [0.2, 0.25) is 0 Å². The van der Waals surface area contributed by atoms with Gasteiger partial charge in [0.15, 0.2) is 5.78 Å². The molecule has 1 heterocycles. The highest BCUT2D eigenvalue weighted by atomic mass is 79.9. The van der Waals surface area contributed by atoms with Gasteiger partial charge >= 0.3 is 0 Å². The summed E-state index contributed by atoms with van der Waals surface area (Å²) in [6, 6.07) is 6.79. The number of anilines is 1. The van der Waals surface area contributed by atoms with Gasteiger partial charge in [0.25, 0.3) is 0 Å². The molecule has 0 radical (unpaired) electrons. The summed E-state index contributed by atoms with van der Waals surface area (Å²) >= 11 is 3.47. The van der Waals surface area contributed by atoms with Gasteiger partial charge in [0, 0.05) is 28.3 Å². The quantitative estimate of drug-likeness (QED) is 0.751. The zero-order valence-electron chi connectivity index (χ0n) is 11.4. The maximum Gasteiger partial charge on any atom is 0.161 e. The number of Topliss-reactive ketones (excluding diaryl/α,β-unsaturated/α-hetero) is 1. The predicted molar refractivity (Wildman–Crippen MR) is 81.9 cm³/mol. The zero-order chi connectivity index (χ0) is 13.4. The van der Waals surface area contributed by atoms with E-state index < -0.39 is 0 Å². The molecular weight excluding hydrogens is 302 g/mol. The highest BCUT2D eigenvalue weighted by molar-refractivity contribution is 9.10. The maximum absolute atomic E-state index is 11.9. The van der Waals surface area contributed by atoms with Crippen LogP contribution in [0.25, 0.3) is 0 Å². The second kappa shape index (κ2) is 5.28.